The fraction of sp³-hybridized carbons (Fsp3) is 0.417. The summed E-state index contributed by atoms with van der Waals surface area (Å²) in [7, 11) is 0. The van der Waals surface area contributed by atoms with Crippen LogP contribution in [-0.2, 0) is 11.3 Å². The van der Waals surface area contributed by atoms with Gasteiger partial charge in [-0.3, -0.25) is 4.79 Å². The normalized spacial score (nSPS) is 12.4. The van der Waals surface area contributed by atoms with Crippen molar-refractivity contribution in [3.8, 4) is 0 Å². The van der Waals surface area contributed by atoms with Crippen molar-refractivity contribution < 1.29 is 14.3 Å². The zero-order valence-electron chi connectivity index (χ0n) is 9.24. The molecule has 0 saturated carbocycles. The highest BCUT2D eigenvalue weighted by atomic mass is 19.1. The molecule has 0 saturated heterocycles. The maximum Gasteiger partial charge on any atom is 0.320 e. The Morgan fingerprint density at radius 3 is 2.56 bits per heavy atom. The van der Waals surface area contributed by atoms with Gasteiger partial charge in [-0.05, 0) is 24.1 Å². The molecule has 0 aliphatic carbocycles. The fourth-order valence-corrected chi connectivity index (χ4v) is 1.44. The van der Waals surface area contributed by atoms with Gasteiger partial charge in [0.25, 0.3) is 0 Å². The molecule has 88 valence electrons. The van der Waals surface area contributed by atoms with Crippen molar-refractivity contribution in [1.29, 1.82) is 0 Å². The van der Waals surface area contributed by atoms with Crippen LogP contribution in [0.15, 0.2) is 24.3 Å². The summed E-state index contributed by atoms with van der Waals surface area (Å²) in [5, 5.41) is 11.8. The Labute approximate surface area is 94.3 Å². The average molecular weight is 225 g/mol. The van der Waals surface area contributed by atoms with Crippen molar-refractivity contribution in [2.45, 2.75) is 32.4 Å². The molecule has 1 aromatic carbocycles. The monoisotopic (exact) mass is 225 g/mol. The van der Waals surface area contributed by atoms with Crippen molar-refractivity contribution in [1.82, 2.24) is 5.32 Å². The number of hydrogen-bond donors (Lipinski definition) is 2. The number of nitrogens with one attached hydrogen (secondary N) is 1. The van der Waals surface area contributed by atoms with Crippen molar-refractivity contribution in [2.24, 2.45) is 0 Å². The van der Waals surface area contributed by atoms with E-state index in [1.165, 1.54) is 12.1 Å². The third kappa shape index (κ3) is 3.98. The lowest BCUT2D eigenvalue weighted by atomic mass is 10.1. The maximum atomic E-state index is 12.6. The fourth-order valence-electron chi connectivity index (χ4n) is 1.44. The second-order valence-electron chi connectivity index (χ2n) is 3.69. The maximum absolute atomic E-state index is 12.6. The van der Waals surface area contributed by atoms with E-state index in [0.29, 0.717) is 13.0 Å². The average Bonchev–Trinajstić information content (AvgIpc) is 2.26. The smallest absolute Gasteiger partial charge is 0.320 e. The summed E-state index contributed by atoms with van der Waals surface area (Å²) in [6, 6.07) is 5.50. The van der Waals surface area contributed by atoms with Crippen LogP contribution < -0.4 is 5.32 Å². The highest BCUT2D eigenvalue weighted by Crippen LogP contribution is 2.04. The molecule has 0 bridgehead atoms. The molecule has 0 spiro atoms. The zero-order valence-corrected chi connectivity index (χ0v) is 9.24. The lowest BCUT2D eigenvalue weighted by Gasteiger charge is -2.13. The molecule has 2 N–H and O–H groups in total. The minimum atomic E-state index is -0.844. The van der Waals surface area contributed by atoms with Gasteiger partial charge in [0.2, 0.25) is 0 Å². The van der Waals surface area contributed by atoms with E-state index in [2.05, 4.69) is 5.32 Å². The van der Waals surface area contributed by atoms with Gasteiger partial charge in [-0.15, -0.1) is 0 Å². The van der Waals surface area contributed by atoms with E-state index in [1.54, 1.807) is 12.1 Å². The van der Waals surface area contributed by atoms with Crippen LogP contribution in [0, 0.1) is 5.82 Å². The van der Waals surface area contributed by atoms with Crippen LogP contribution in [-0.4, -0.2) is 17.1 Å². The van der Waals surface area contributed by atoms with E-state index in [9.17, 15) is 9.18 Å². The lowest BCUT2D eigenvalue weighted by Crippen LogP contribution is -2.35. The molecule has 1 atom stereocenters. The number of hydrogen-bond acceptors (Lipinski definition) is 2. The molecule has 3 nitrogen and oxygen atoms in total. The van der Waals surface area contributed by atoms with Gasteiger partial charge in [0.05, 0.1) is 0 Å². The first-order valence-corrected chi connectivity index (χ1v) is 5.34. The van der Waals surface area contributed by atoms with Crippen LogP contribution in [0.1, 0.15) is 25.3 Å². The highest BCUT2D eigenvalue weighted by Gasteiger charge is 2.14. The third-order valence-electron chi connectivity index (χ3n) is 2.34. The first kappa shape index (κ1) is 12.6. The molecule has 0 fully saturated rings. The first-order chi connectivity index (χ1) is 7.63. The Bertz CT molecular complexity index is 337. The van der Waals surface area contributed by atoms with Crippen molar-refractivity contribution in [3.05, 3.63) is 35.6 Å². The molecule has 1 rings (SSSR count). The lowest BCUT2D eigenvalue weighted by molar-refractivity contribution is -0.139. The van der Waals surface area contributed by atoms with Crippen molar-refractivity contribution in [3.63, 3.8) is 0 Å². The predicted octanol–water partition coefficient (Wildman–Crippen LogP) is 2.17. The minimum Gasteiger partial charge on any atom is -0.480 e. The molecule has 1 aromatic rings. The summed E-state index contributed by atoms with van der Waals surface area (Å²) in [5.41, 5.74) is 0.878. The molecular weight excluding hydrogens is 209 g/mol. The van der Waals surface area contributed by atoms with Crippen LogP contribution in [0.5, 0.6) is 0 Å². The van der Waals surface area contributed by atoms with Crippen LogP contribution in [0.3, 0.4) is 0 Å². The van der Waals surface area contributed by atoms with Gasteiger partial charge in [-0.25, -0.2) is 4.39 Å². The van der Waals surface area contributed by atoms with Crippen molar-refractivity contribution >= 4 is 5.97 Å². The topological polar surface area (TPSA) is 49.3 Å². The Kier molecular flexibility index (Phi) is 4.92. The van der Waals surface area contributed by atoms with E-state index in [1.807, 2.05) is 6.92 Å². The van der Waals surface area contributed by atoms with Gasteiger partial charge in [0.15, 0.2) is 0 Å². The summed E-state index contributed by atoms with van der Waals surface area (Å²) in [6.07, 6.45) is 1.41. The molecule has 16 heavy (non-hydrogen) atoms. The van der Waals surface area contributed by atoms with Gasteiger partial charge >= 0.3 is 5.97 Å². The molecule has 0 radical (unpaired) electrons. The van der Waals surface area contributed by atoms with Gasteiger partial charge in [0, 0.05) is 6.54 Å². The Balaban J connectivity index is 2.48. The number of carboxylic acids is 1. The molecule has 1 unspecified atom stereocenters. The molecule has 4 heteroatoms. The van der Waals surface area contributed by atoms with E-state index in [0.717, 1.165) is 12.0 Å². The van der Waals surface area contributed by atoms with Crippen molar-refractivity contribution in [2.75, 3.05) is 0 Å². The largest absolute Gasteiger partial charge is 0.480 e. The summed E-state index contributed by atoms with van der Waals surface area (Å²) in [5.74, 6) is -1.13. The van der Waals surface area contributed by atoms with Crippen LogP contribution >= 0.6 is 0 Å². The second-order valence-corrected chi connectivity index (χ2v) is 3.69. The molecular formula is C12H16FNO2. The second kappa shape index (κ2) is 6.23. The third-order valence-corrected chi connectivity index (χ3v) is 2.34. The van der Waals surface area contributed by atoms with Crippen LogP contribution in [0.2, 0.25) is 0 Å². The standard InChI is InChI=1S/C12H16FNO2/c1-2-3-11(12(15)16)14-8-9-4-6-10(13)7-5-9/h4-7,11,14H,2-3,8H2,1H3,(H,15,16). The van der Waals surface area contributed by atoms with E-state index in [-0.39, 0.29) is 5.82 Å². The van der Waals surface area contributed by atoms with E-state index in [4.69, 9.17) is 5.11 Å². The number of benzene rings is 1. The Hall–Kier alpha value is -1.42. The predicted molar refractivity (Wildman–Crippen MR) is 59.6 cm³/mol. The van der Waals surface area contributed by atoms with E-state index < -0.39 is 12.0 Å². The van der Waals surface area contributed by atoms with Gasteiger partial charge in [-0.1, -0.05) is 25.5 Å². The molecule has 0 aliphatic heterocycles. The Morgan fingerprint density at radius 1 is 1.44 bits per heavy atom. The number of rotatable bonds is 6. The molecule has 0 heterocycles. The van der Waals surface area contributed by atoms with E-state index >= 15 is 0 Å². The first-order valence-electron chi connectivity index (χ1n) is 5.34. The zero-order chi connectivity index (χ0) is 12.0. The molecule has 0 aliphatic rings. The van der Waals surface area contributed by atoms with Gasteiger partial charge < -0.3 is 10.4 Å². The SMILES string of the molecule is CCCC(NCc1ccc(F)cc1)C(=O)O. The van der Waals surface area contributed by atoms with Gasteiger partial charge in [0.1, 0.15) is 11.9 Å². The quantitative estimate of drug-likeness (QED) is 0.780. The summed E-state index contributed by atoms with van der Waals surface area (Å²) >= 11 is 0. The van der Waals surface area contributed by atoms with Crippen LogP contribution in [0.25, 0.3) is 0 Å². The minimum absolute atomic E-state index is 0.285. The number of aliphatic carboxylic acids is 1. The highest BCUT2D eigenvalue weighted by molar-refractivity contribution is 5.73. The van der Waals surface area contributed by atoms with Gasteiger partial charge in [-0.2, -0.15) is 0 Å². The number of halogens is 1. The molecule has 0 aromatic heterocycles. The number of carboxylic acid groups (broad SMARTS) is 1. The summed E-state index contributed by atoms with van der Waals surface area (Å²) < 4.78 is 12.6. The summed E-state index contributed by atoms with van der Waals surface area (Å²) in [6.45, 7) is 2.38. The van der Waals surface area contributed by atoms with Crippen LogP contribution in [0.4, 0.5) is 4.39 Å². The number of carbonyl (C=O) groups is 1. The summed E-state index contributed by atoms with van der Waals surface area (Å²) in [4.78, 5) is 10.8. The Morgan fingerprint density at radius 2 is 2.06 bits per heavy atom. The molecule has 0 amide bonds.